The molecule has 1 aliphatic heterocycles. The zero-order valence-electron chi connectivity index (χ0n) is 18.1. The summed E-state index contributed by atoms with van der Waals surface area (Å²) in [7, 11) is -3.78. The number of carbonyl (C=O) groups excluding carboxylic acids is 1. The minimum absolute atomic E-state index is 0.160. The zero-order chi connectivity index (χ0) is 22.7. The molecule has 1 saturated heterocycles. The van der Waals surface area contributed by atoms with Gasteiger partial charge in [-0.25, -0.2) is 8.42 Å². The second-order valence-corrected chi connectivity index (χ2v) is 10.9. The van der Waals surface area contributed by atoms with Crippen molar-refractivity contribution < 1.29 is 17.9 Å². The highest BCUT2D eigenvalue weighted by Crippen LogP contribution is 2.27. The normalized spacial score (nSPS) is 19.7. The molecule has 2 heterocycles. The van der Waals surface area contributed by atoms with Crippen LogP contribution in [0.25, 0.3) is 10.8 Å². The second kappa shape index (κ2) is 9.58. The van der Waals surface area contributed by atoms with Crippen molar-refractivity contribution in [1.29, 1.82) is 0 Å². The molecule has 1 aromatic heterocycles. The van der Waals surface area contributed by atoms with Gasteiger partial charge in [0.2, 0.25) is 0 Å². The van der Waals surface area contributed by atoms with Crippen molar-refractivity contribution in [2.24, 2.45) is 0 Å². The molecule has 2 unspecified atom stereocenters. The first kappa shape index (κ1) is 22.7. The van der Waals surface area contributed by atoms with Gasteiger partial charge >= 0.3 is 0 Å². The van der Waals surface area contributed by atoms with Crippen LogP contribution in [0.15, 0.2) is 58.1 Å². The largest absolute Gasteiger partial charge is 0.373 e. The number of amides is 1. The Morgan fingerprint density at radius 1 is 1.09 bits per heavy atom. The minimum Gasteiger partial charge on any atom is -0.373 e. The highest BCUT2D eigenvalue weighted by atomic mass is 32.2. The van der Waals surface area contributed by atoms with E-state index in [4.69, 9.17) is 4.74 Å². The summed E-state index contributed by atoms with van der Waals surface area (Å²) in [6, 6.07) is 14.2. The van der Waals surface area contributed by atoms with Crippen molar-refractivity contribution in [3.63, 3.8) is 0 Å². The molecule has 170 valence electrons. The van der Waals surface area contributed by atoms with Crippen LogP contribution in [-0.2, 0) is 14.8 Å². The predicted octanol–water partition coefficient (Wildman–Crippen LogP) is 3.54. The third-order valence-corrected chi connectivity index (χ3v) is 8.11. The molecule has 2 N–H and O–H groups in total. The fourth-order valence-electron chi connectivity index (χ4n) is 4.01. The van der Waals surface area contributed by atoms with Crippen LogP contribution >= 0.6 is 11.3 Å². The Balaban J connectivity index is 1.53. The third kappa shape index (κ3) is 5.29. The van der Waals surface area contributed by atoms with Crippen LogP contribution < -0.4 is 10.0 Å². The number of morpholine rings is 1. The van der Waals surface area contributed by atoms with E-state index in [9.17, 15) is 13.2 Å². The van der Waals surface area contributed by atoms with E-state index in [1.165, 1.54) is 6.07 Å². The zero-order valence-corrected chi connectivity index (χ0v) is 19.7. The number of fused-ring (bicyclic) bond motifs is 1. The van der Waals surface area contributed by atoms with E-state index in [1.54, 1.807) is 23.6 Å². The minimum atomic E-state index is -3.78. The average molecular weight is 474 g/mol. The van der Waals surface area contributed by atoms with E-state index in [1.807, 2.05) is 38.1 Å². The van der Waals surface area contributed by atoms with Crippen LogP contribution in [-0.4, -0.2) is 57.6 Å². The molecular weight excluding hydrogens is 446 g/mol. The number of rotatable bonds is 7. The Morgan fingerprint density at radius 3 is 2.44 bits per heavy atom. The summed E-state index contributed by atoms with van der Waals surface area (Å²) in [4.78, 5) is 15.3. The Bertz CT molecular complexity index is 1190. The number of nitrogens with one attached hydrogen (secondary N) is 2. The Hall–Kier alpha value is -2.46. The van der Waals surface area contributed by atoms with Crippen molar-refractivity contribution in [1.82, 2.24) is 10.2 Å². The number of benzene rings is 2. The third-order valence-electron chi connectivity index (χ3n) is 5.34. The lowest BCUT2D eigenvalue weighted by molar-refractivity contribution is -0.0672. The molecule has 0 radical (unpaired) electrons. The number of ether oxygens (including phenoxy) is 1. The first-order valence-electron chi connectivity index (χ1n) is 10.6. The lowest BCUT2D eigenvalue weighted by Gasteiger charge is -2.35. The van der Waals surface area contributed by atoms with Crippen LogP contribution in [0, 0.1) is 0 Å². The predicted molar refractivity (Wildman–Crippen MR) is 128 cm³/mol. The van der Waals surface area contributed by atoms with Crippen molar-refractivity contribution in [3.05, 3.63) is 59.5 Å². The summed E-state index contributed by atoms with van der Waals surface area (Å²) in [6.07, 6.45) is 0.321. The molecule has 0 bridgehead atoms. The summed E-state index contributed by atoms with van der Waals surface area (Å²) in [5, 5.41) is 6.37. The summed E-state index contributed by atoms with van der Waals surface area (Å²) >= 11 is 1.13. The molecule has 1 fully saturated rings. The van der Waals surface area contributed by atoms with Gasteiger partial charge in [-0.15, -0.1) is 11.3 Å². The van der Waals surface area contributed by atoms with Crippen molar-refractivity contribution >= 4 is 43.7 Å². The number of carbonyl (C=O) groups is 1. The number of nitrogens with zero attached hydrogens (tertiary/aromatic N) is 1. The van der Waals surface area contributed by atoms with Gasteiger partial charge < -0.3 is 10.1 Å². The topological polar surface area (TPSA) is 87.7 Å². The summed E-state index contributed by atoms with van der Waals surface area (Å²) in [6.45, 7) is 6.89. The van der Waals surface area contributed by atoms with Crippen LogP contribution in [0.3, 0.4) is 0 Å². The van der Waals surface area contributed by atoms with E-state index >= 15 is 0 Å². The standard InChI is InChI=1S/C23H27N3O4S2/c1-16-14-26(15-17(2)30-16)10-9-24-23(27)20-12-18-6-3-4-7-19(18)13-21(20)25-32(28,29)22-8-5-11-31-22/h3-8,11-13,16-17,25H,9-10,14-15H2,1-2H3,(H,24,27). The molecule has 9 heteroatoms. The van der Waals surface area contributed by atoms with E-state index in [0.717, 1.165) is 35.2 Å². The van der Waals surface area contributed by atoms with Crippen LogP contribution in [0.1, 0.15) is 24.2 Å². The van der Waals surface area contributed by atoms with Gasteiger partial charge in [0.25, 0.3) is 15.9 Å². The maximum absolute atomic E-state index is 13.1. The van der Waals surface area contributed by atoms with Crippen molar-refractivity contribution in [2.45, 2.75) is 30.3 Å². The van der Waals surface area contributed by atoms with Gasteiger partial charge in [-0.05, 0) is 48.2 Å². The van der Waals surface area contributed by atoms with Gasteiger partial charge in [0, 0.05) is 26.2 Å². The average Bonchev–Trinajstić information content (AvgIpc) is 3.28. The fraction of sp³-hybridized carbons (Fsp3) is 0.348. The summed E-state index contributed by atoms with van der Waals surface area (Å²) in [5.74, 6) is -0.311. The maximum atomic E-state index is 13.1. The van der Waals surface area contributed by atoms with E-state index < -0.39 is 10.0 Å². The Kier molecular flexibility index (Phi) is 6.80. The summed E-state index contributed by atoms with van der Waals surface area (Å²) in [5.41, 5.74) is 0.566. The number of thiophene rings is 1. The molecule has 2 aromatic carbocycles. The molecule has 4 rings (SSSR count). The van der Waals surface area contributed by atoms with Gasteiger partial charge in [-0.2, -0.15) is 0 Å². The van der Waals surface area contributed by atoms with E-state index in [-0.39, 0.29) is 28.0 Å². The van der Waals surface area contributed by atoms with Gasteiger partial charge in [0.1, 0.15) is 4.21 Å². The van der Waals surface area contributed by atoms with Crippen molar-refractivity contribution in [3.8, 4) is 0 Å². The van der Waals surface area contributed by atoms with Crippen molar-refractivity contribution in [2.75, 3.05) is 30.9 Å². The molecule has 0 spiro atoms. The monoisotopic (exact) mass is 473 g/mol. The highest BCUT2D eigenvalue weighted by molar-refractivity contribution is 7.94. The molecular formula is C23H27N3O4S2. The van der Waals surface area contributed by atoms with Gasteiger partial charge in [0.15, 0.2) is 0 Å². The Labute approximate surface area is 192 Å². The van der Waals surface area contributed by atoms with E-state index in [0.29, 0.717) is 18.7 Å². The first-order valence-corrected chi connectivity index (χ1v) is 12.9. The van der Waals surface area contributed by atoms with Crippen LogP contribution in [0.5, 0.6) is 0 Å². The molecule has 2 atom stereocenters. The molecule has 7 nitrogen and oxygen atoms in total. The van der Waals surface area contributed by atoms with Crippen LogP contribution in [0.4, 0.5) is 5.69 Å². The number of hydrogen-bond acceptors (Lipinski definition) is 6. The van der Waals surface area contributed by atoms with Gasteiger partial charge in [-0.1, -0.05) is 30.3 Å². The molecule has 0 aliphatic carbocycles. The van der Waals surface area contributed by atoms with E-state index in [2.05, 4.69) is 14.9 Å². The second-order valence-electron chi connectivity index (χ2n) is 8.06. The molecule has 1 amide bonds. The van der Waals surface area contributed by atoms with Crippen LogP contribution in [0.2, 0.25) is 0 Å². The smallest absolute Gasteiger partial charge is 0.271 e. The molecule has 1 aliphatic rings. The molecule has 32 heavy (non-hydrogen) atoms. The Morgan fingerprint density at radius 2 is 1.78 bits per heavy atom. The highest BCUT2D eigenvalue weighted by Gasteiger charge is 2.23. The molecule has 0 saturated carbocycles. The SMILES string of the molecule is CC1CN(CCNC(=O)c2cc3ccccc3cc2NS(=O)(=O)c2cccs2)CC(C)O1. The maximum Gasteiger partial charge on any atom is 0.271 e. The summed E-state index contributed by atoms with van der Waals surface area (Å²) < 4.78 is 34.2. The first-order chi connectivity index (χ1) is 15.3. The number of sulfonamides is 1. The van der Waals surface area contributed by atoms with Gasteiger partial charge in [0.05, 0.1) is 23.5 Å². The van der Waals surface area contributed by atoms with Gasteiger partial charge in [-0.3, -0.25) is 14.4 Å². The molecule has 3 aromatic rings. The quantitative estimate of drug-likeness (QED) is 0.548. The lowest BCUT2D eigenvalue weighted by atomic mass is 10.0. The fourth-order valence-corrected chi connectivity index (χ4v) is 6.08. The number of hydrogen-bond donors (Lipinski definition) is 2. The lowest BCUT2D eigenvalue weighted by Crippen LogP contribution is -2.47. The number of anilines is 1.